The molecular formula is C12H6BrCl2FN2O. The molecule has 0 aliphatic carbocycles. The molecule has 0 unspecified atom stereocenters. The van der Waals surface area contributed by atoms with Crippen molar-refractivity contribution in [1.82, 2.24) is 4.98 Å². The van der Waals surface area contributed by atoms with Crippen molar-refractivity contribution in [3.63, 3.8) is 0 Å². The number of rotatable bonds is 2. The third-order valence-electron chi connectivity index (χ3n) is 2.27. The van der Waals surface area contributed by atoms with Crippen molar-refractivity contribution in [1.29, 1.82) is 0 Å². The van der Waals surface area contributed by atoms with Crippen LogP contribution in [0.4, 0.5) is 10.1 Å². The Kier molecular flexibility index (Phi) is 4.39. The third kappa shape index (κ3) is 3.23. The summed E-state index contributed by atoms with van der Waals surface area (Å²) in [5.74, 6) is -1.13. The van der Waals surface area contributed by atoms with E-state index in [0.717, 1.165) is 0 Å². The van der Waals surface area contributed by atoms with Crippen molar-refractivity contribution in [2.45, 2.75) is 0 Å². The normalized spacial score (nSPS) is 10.3. The molecule has 1 N–H and O–H groups in total. The molecule has 19 heavy (non-hydrogen) atoms. The zero-order valence-corrected chi connectivity index (χ0v) is 12.4. The quantitative estimate of drug-likeness (QED) is 0.795. The van der Waals surface area contributed by atoms with Gasteiger partial charge in [-0.15, -0.1) is 0 Å². The van der Waals surface area contributed by atoms with Gasteiger partial charge in [0.1, 0.15) is 11.0 Å². The first-order valence-corrected chi connectivity index (χ1v) is 6.60. The van der Waals surface area contributed by atoms with Gasteiger partial charge in [0.25, 0.3) is 5.91 Å². The number of aromatic nitrogens is 1. The van der Waals surface area contributed by atoms with Crippen molar-refractivity contribution in [2.75, 3.05) is 5.32 Å². The van der Waals surface area contributed by atoms with Gasteiger partial charge in [-0.05, 0) is 34.1 Å². The van der Waals surface area contributed by atoms with Gasteiger partial charge >= 0.3 is 0 Å². The summed E-state index contributed by atoms with van der Waals surface area (Å²) in [4.78, 5) is 15.8. The van der Waals surface area contributed by atoms with Crippen LogP contribution in [0.3, 0.4) is 0 Å². The number of hydrogen-bond donors (Lipinski definition) is 1. The van der Waals surface area contributed by atoms with E-state index in [1.54, 1.807) is 6.07 Å². The van der Waals surface area contributed by atoms with Crippen molar-refractivity contribution in [2.24, 2.45) is 0 Å². The highest BCUT2D eigenvalue weighted by Crippen LogP contribution is 2.27. The van der Waals surface area contributed by atoms with Gasteiger partial charge in [0.05, 0.1) is 16.3 Å². The van der Waals surface area contributed by atoms with Crippen molar-refractivity contribution < 1.29 is 9.18 Å². The van der Waals surface area contributed by atoms with E-state index in [9.17, 15) is 9.18 Å². The Labute approximate surface area is 126 Å². The SMILES string of the molecule is O=C(Nc1c(F)cccc1Br)c1cc(Cl)ncc1Cl. The third-order valence-corrected chi connectivity index (χ3v) is 3.44. The summed E-state index contributed by atoms with van der Waals surface area (Å²) >= 11 is 14.7. The molecule has 1 aromatic heterocycles. The Morgan fingerprint density at radius 3 is 2.79 bits per heavy atom. The summed E-state index contributed by atoms with van der Waals surface area (Å²) in [5.41, 5.74) is 0.160. The summed E-state index contributed by atoms with van der Waals surface area (Å²) in [6, 6.07) is 5.68. The minimum Gasteiger partial charge on any atom is -0.318 e. The molecule has 1 amide bonds. The fraction of sp³-hybridized carbons (Fsp3) is 0. The first-order chi connectivity index (χ1) is 8.99. The van der Waals surface area contributed by atoms with Gasteiger partial charge in [-0.3, -0.25) is 4.79 Å². The van der Waals surface area contributed by atoms with Crippen LogP contribution in [0.2, 0.25) is 10.2 Å². The van der Waals surface area contributed by atoms with Crippen LogP contribution in [0.25, 0.3) is 0 Å². The Balaban J connectivity index is 2.34. The maximum absolute atomic E-state index is 13.6. The minimum atomic E-state index is -0.569. The Bertz CT molecular complexity index is 631. The average molecular weight is 364 g/mol. The number of para-hydroxylation sites is 1. The number of nitrogens with one attached hydrogen (secondary N) is 1. The van der Waals surface area contributed by atoms with Crippen molar-refractivity contribution in [3.05, 3.63) is 56.5 Å². The standard InChI is InChI=1S/C12H6BrCl2FN2O/c13-7-2-1-3-9(16)11(7)18-12(19)6-4-10(15)17-5-8(6)14/h1-5H,(H,18,19). The number of benzene rings is 1. The highest BCUT2D eigenvalue weighted by molar-refractivity contribution is 9.10. The van der Waals surface area contributed by atoms with Gasteiger partial charge < -0.3 is 5.32 Å². The molecule has 98 valence electrons. The second-order valence-electron chi connectivity index (χ2n) is 3.54. The predicted molar refractivity (Wildman–Crippen MR) is 76.3 cm³/mol. The van der Waals surface area contributed by atoms with Crippen LogP contribution in [0.15, 0.2) is 34.9 Å². The molecule has 2 aromatic rings. The van der Waals surface area contributed by atoms with E-state index in [2.05, 4.69) is 26.2 Å². The molecule has 0 saturated carbocycles. The number of anilines is 1. The van der Waals surface area contributed by atoms with E-state index in [1.165, 1.54) is 24.4 Å². The van der Waals surface area contributed by atoms with Crippen LogP contribution in [-0.4, -0.2) is 10.9 Å². The zero-order valence-electron chi connectivity index (χ0n) is 9.25. The molecular weight excluding hydrogens is 358 g/mol. The molecule has 0 radical (unpaired) electrons. The lowest BCUT2D eigenvalue weighted by Crippen LogP contribution is -2.14. The van der Waals surface area contributed by atoms with Crippen LogP contribution >= 0.6 is 39.1 Å². The maximum Gasteiger partial charge on any atom is 0.257 e. The Hall–Kier alpha value is -1.17. The summed E-state index contributed by atoms with van der Waals surface area (Å²) in [5, 5.41) is 2.69. The van der Waals surface area contributed by atoms with E-state index in [1.807, 2.05) is 0 Å². The van der Waals surface area contributed by atoms with Crippen LogP contribution in [0.1, 0.15) is 10.4 Å². The Morgan fingerprint density at radius 2 is 2.11 bits per heavy atom. The first kappa shape index (κ1) is 14.2. The highest BCUT2D eigenvalue weighted by atomic mass is 79.9. The number of amides is 1. The van der Waals surface area contributed by atoms with E-state index < -0.39 is 11.7 Å². The van der Waals surface area contributed by atoms with Gasteiger partial charge in [-0.2, -0.15) is 0 Å². The fourth-order valence-electron chi connectivity index (χ4n) is 1.39. The monoisotopic (exact) mass is 362 g/mol. The average Bonchev–Trinajstić information content (AvgIpc) is 2.37. The number of pyridine rings is 1. The number of hydrogen-bond acceptors (Lipinski definition) is 2. The molecule has 0 bridgehead atoms. The van der Waals surface area contributed by atoms with E-state index >= 15 is 0 Å². The molecule has 0 saturated heterocycles. The topological polar surface area (TPSA) is 42.0 Å². The number of carbonyl (C=O) groups is 1. The molecule has 1 aromatic carbocycles. The number of carbonyl (C=O) groups excluding carboxylic acids is 1. The van der Waals surface area contributed by atoms with Crippen LogP contribution in [0, 0.1) is 5.82 Å². The lowest BCUT2D eigenvalue weighted by molar-refractivity contribution is 0.102. The minimum absolute atomic E-state index is 0.0384. The molecule has 0 aliphatic rings. The molecule has 0 fully saturated rings. The number of halogens is 4. The number of nitrogens with zero attached hydrogens (tertiary/aromatic N) is 1. The Morgan fingerprint density at radius 1 is 1.37 bits per heavy atom. The van der Waals surface area contributed by atoms with Gasteiger partial charge in [-0.1, -0.05) is 29.3 Å². The lowest BCUT2D eigenvalue weighted by Gasteiger charge is -2.09. The van der Waals surface area contributed by atoms with Crippen LogP contribution < -0.4 is 5.32 Å². The van der Waals surface area contributed by atoms with Gasteiger partial charge in [-0.25, -0.2) is 9.37 Å². The van der Waals surface area contributed by atoms with Gasteiger partial charge in [0.2, 0.25) is 0 Å². The van der Waals surface area contributed by atoms with Crippen LogP contribution in [-0.2, 0) is 0 Å². The van der Waals surface area contributed by atoms with Gasteiger partial charge in [0.15, 0.2) is 0 Å². The smallest absolute Gasteiger partial charge is 0.257 e. The molecule has 7 heteroatoms. The molecule has 0 aliphatic heterocycles. The van der Waals surface area contributed by atoms with E-state index in [4.69, 9.17) is 23.2 Å². The van der Waals surface area contributed by atoms with Crippen molar-refractivity contribution in [3.8, 4) is 0 Å². The van der Waals surface area contributed by atoms with E-state index in [-0.39, 0.29) is 21.4 Å². The molecule has 2 rings (SSSR count). The second-order valence-corrected chi connectivity index (χ2v) is 5.19. The summed E-state index contributed by atoms with van der Waals surface area (Å²) in [7, 11) is 0. The maximum atomic E-state index is 13.6. The van der Waals surface area contributed by atoms with E-state index in [0.29, 0.717) is 4.47 Å². The largest absolute Gasteiger partial charge is 0.318 e. The lowest BCUT2D eigenvalue weighted by atomic mass is 10.2. The second kappa shape index (κ2) is 5.86. The highest BCUT2D eigenvalue weighted by Gasteiger charge is 2.15. The molecule has 1 heterocycles. The van der Waals surface area contributed by atoms with Crippen molar-refractivity contribution >= 4 is 50.7 Å². The molecule has 3 nitrogen and oxygen atoms in total. The van der Waals surface area contributed by atoms with Crippen LogP contribution in [0.5, 0.6) is 0 Å². The fourth-order valence-corrected chi connectivity index (χ4v) is 2.17. The predicted octanol–water partition coefficient (Wildman–Crippen LogP) is 4.54. The van der Waals surface area contributed by atoms with Gasteiger partial charge in [0, 0.05) is 10.7 Å². The first-order valence-electron chi connectivity index (χ1n) is 5.05. The molecule has 0 atom stereocenters. The summed E-state index contributed by atoms with van der Waals surface area (Å²) < 4.78 is 14.0. The molecule has 0 spiro atoms. The zero-order chi connectivity index (χ0) is 14.0. The summed E-state index contributed by atoms with van der Waals surface area (Å²) in [6.45, 7) is 0. The summed E-state index contributed by atoms with van der Waals surface area (Å²) in [6.07, 6.45) is 1.26.